The van der Waals surface area contributed by atoms with Crippen molar-refractivity contribution < 1.29 is 27.1 Å². The summed E-state index contributed by atoms with van der Waals surface area (Å²) in [4.78, 5) is 32.8. The molecule has 38 heavy (non-hydrogen) atoms. The van der Waals surface area contributed by atoms with Crippen LogP contribution in [0.2, 0.25) is 0 Å². The Morgan fingerprint density at radius 3 is 2.53 bits per heavy atom. The third kappa shape index (κ3) is 5.19. The first-order chi connectivity index (χ1) is 17.9. The summed E-state index contributed by atoms with van der Waals surface area (Å²) < 4.78 is 44.9. The van der Waals surface area contributed by atoms with E-state index in [9.17, 15) is 18.0 Å². The summed E-state index contributed by atoms with van der Waals surface area (Å²) in [5, 5.41) is 0. The van der Waals surface area contributed by atoms with Crippen molar-refractivity contribution in [2.24, 2.45) is 0 Å². The molecule has 0 atom stereocenters. The zero-order valence-corrected chi connectivity index (χ0v) is 22.4. The fourth-order valence-corrected chi connectivity index (χ4v) is 5.16. The highest BCUT2D eigenvalue weighted by Crippen LogP contribution is 2.31. The lowest BCUT2D eigenvalue weighted by Crippen LogP contribution is -2.33. The number of aromatic nitrogens is 1. The smallest absolute Gasteiger partial charge is 0.257 e. The van der Waals surface area contributed by atoms with Gasteiger partial charge in [0.1, 0.15) is 28.9 Å². The molecule has 0 saturated heterocycles. The van der Waals surface area contributed by atoms with Crippen LogP contribution in [-0.4, -0.2) is 68.5 Å². The standard InChI is InChI=1S/C27H29FN4O5S/c1-5-19-20(7-9-23(24(19)28)38(4,35)36)27(34)32-10-11-37-22-8-6-16(12-18(22)15-32)17-13-21(25(29)30-14-17)26(33)31(2)3/h6-9,12-14H,5,10-11,15H2,1-4H3,(H2,29,30). The van der Waals surface area contributed by atoms with E-state index in [0.717, 1.165) is 23.4 Å². The molecule has 3 aromatic rings. The third-order valence-corrected chi connectivity index (χ3v) is 7.52. The minimum Gasteiger partial charge on any atom is -0.491 e. The Bertz CT molecular complexity index is 1540. The van der Waals surface area contributed by atoms with Crippen LogP contribution in [0.3, 0.4) is 0 Å². The van der Waals surface area contributed by atoms with Crippen molar-refractivity contribution in [3.05, 3.63) is 70.7 Å². The van der Waals surface area contributed by atoms with Gasteiger partial charge in [0.2, 0.25) is 0 Å². The fraction of sp³-hybridized carbons (Fsp3) is 0.296. The molecule has 2 aromatic carbocycles. The van der Waals surface area contributed by atoms with E-state index < -0.39 is 26.5 Å². The maximum Gasteiger partial charge on any atom is 0.257 e. The van der Waals surface area contributed by atoms with Gasteiger partial charge in [-0.3, -0.25) is 9.59 Å². The zero-order valence-electron chi connectivity index (χ0n) is 21.6. The quantitative estimate of drug-likeness (QED) is 0.527. The number of hydrogen-bond donors (Lipinski definition) is 1. The maximum absolute atomic E-state index is 15.1. The highest BCUT2D eigenvalue weighted by atomic mass is 32.2. The number of anilines is 1. The van der Waals surface area contributed by atoms with Gasteiger partial charge in [0.15, 0.2) is 9.84 Å². The Morgan fingerprint density at radius 1 is 1.13 bits per heavy atom. The van der Waals surface area contributed by atoms with Crippen LogP contribution in [0.15, 0.2) is 47.5 Å². The third-order valence-electron chi connectivity index (χ3n) is 6.41. The molecule has 9 nitrogen and oxygen atoms in total. The summed E-state index contributed by atoms with van der Waals surface area (Å²) in [5.41, 5.74) is 8.52. The molecular weight excluding hydrogens is 511 g/mol. The summed E-state index contributed by atoms with van der Waals surface area (Å²) in [6, 6.07) is 9.66. The van der Waals surface area contributed by atoms with Crippen molar-refractivity contribution >= 4 is 27.5 Å². The largest absolute Gasteiger partial charge is 0.491 e. The second kappa shape index (κ2) is 10.4. The van der Waals surface area contributed by atoms with Crippen LogP contribution in [0.4, 0.5) is 10.2 Å². The molecular formula is C27H29FN4O5S. The summed E-state index contributed by atoms with van der Waals surface area (Å²) in [7, 11) is -0.524. The van der Waals surface area contributed by atoms with Gasteiger partial charge in [-0.05, 0) is 42.3 Å². The van der Waals surface area contributed by atoms with E-state index in [4.69, 9.17) is 10.5 Å². The van der Waals surface area contributed by atoms with E-state index in [1.54, 1.807) is 44.2 Å². The number of sulfone groups is 1. The summed E-state index contributed by atoms with van der Waals surface area (Å²) >= 11 is 0. The monoisotopic (exact) mass is 540 g/mol. The minimum atomic E-state index is -3.78. The van der Waals surface area contributed by atoms with Crippen molar-refractivity contribution in [2.75, 3.05) is 39.2 Å². The van der Waals surface area contributed by atoms with E-state index in [0.29, 0.717) is 11.3 Å². The lowest BCUT2D eigenvalue weighted by Gasteiger charge is -2.22. The van der Waals surface area contributed by atoms with Gasteiger partial charge in [0.25, 0.3) is 11.8 Å². The maximum atomic E-state index is 15.1. The number of fused-ring (bicyclic) bond motifs is 1. The second-order valence-electron chi connectivity index (χ2n) is 9.28. The van der Waals surface area contributed by atoms with E-state index in [1.807, 2.05) is 12.1 Å². The van der Waals surface area contributed by atoms with Crippen molar-refractivity contribution in [1.82, 2.24) is 14.8 Å². The van der Waals surface area contributed by atoms with E-state index in [-0.39, 0.29) is 54.5 Å². The zero-order chi connectivity index (χ0) is 27.8. The van der Waals surface area contributed by atoms with Gasteiger partial charge in [-0.15, -0.1) is 0 Å². The number of nitrogens with zero attached hydrogens (tertiary/aromatic N) is 3. The molecule has 0 bridgehead atoms. The van der Waals surface area contributed by atoms with Crippen LogP contribution in [0.1, 0.15) is 38.8 Å². The number of rotatable bonds is 5. The van der Waals surface area contributed by atoms with Crippen molar-refractivity contribution in [2.45, 2.75) is 24.8 Å². The van der Waals surface area contributed by atoms with Crippen LogP contribution < -0.4 is 10.5 Å². The molecule has 11 heteroatoms. The normalized spacial score (nSPS) is 13.3. The van der Waals surface area contributed by atoms with Gasteiger partial charge in [-0.25, -0.2) is 17.8 Å². The van der Waals surface area contributed by atoms with Crippen molar-refractivity contribution in [3.8, 4) is 16.9 Å². The number of nitrogens with two attached hydrogens (primary N) is 1. The molecule has 0 aliphatic carbocycles. The number of hydrogen-bond acceptors (Lipinski definition) is 7. The van der Waals surface area contributed by atoms with E-state index >= 15 is 4.39 Å². The highest BCUT2D eigenvalue weighted by Gasteiger charge is 2.27. The number of pyridine rings is 1. The molecule has 0 unspecified atom stereocenters. The van der Waals surface area contributed by atoms with Crippen molar-refractivity contribution in [3.63, 3.8) is 0 Å². The van der Waals surface area contributed by atoms with Crippen LogP contribution in [0.5, 0.6) is 5.75 Å². The first kappa shape index (κ1) is 27.1. The summed E-state index contributed by atoms with van der Waals surface area (Å²) in [5.74, 6) is -0.855. The number of halogens is 1. The lowest BCUT2D eigenvalue weighted by atomic mass is 10.0. The highest BCUT2D eigenvalue weighted by molar-refractivity contribution is 7.90. The molecule has 4 rings (SSSR count). The summed E-state index contributed by atoms with van der Waals surface area (Å²) in [6.45, 7) is 2.34. The van der Waals surface area contributed by atoms with Crippen LogP contribution in [0.25, 0.3) is 11.1 Å². The molecule has 1 aliphatic rings. The number of benzene rings is 2. The minimum absolute atomic E-state index is 0.0584. The topological polar surface area (TPSA) is 123 Å². The molecule has 0 radical (unpaired) electrons. The van der Waals surface area contributed by atoms with Crippen molar-refractivity contribution in [1.29, 1.82) is 0 Å². The Balaban J connectivity index is 1.69. The predicted molar refractivity (Wildman–Crippen MR) is 141 cm³/mol. The van der Waals surface area contributed by atoms with Crippen LogP contribution >= 0.6 is 0 Å². The van der Waals surface area contributed by atoms with Gasteiger partial charge >= 0.3 is 0 Å². The molecule has 200 valence electrons. The molecule has 0 saturated carbocycles. The fourth-order valence-electron chi connectivity index (χ4n) is 4.40. The number of amides is 2. The molecule has 1 aliphatic heterocycles. The molecule has 0 fully saturated rings. The number of ether oxygens (including phenoxy) is 1. The number of carbonyl (C=O) groups excluding carboxylic acids is 2. The number of nitrogen functional groups attached to an aromatic ring is 1. The Kier molecular flexibility index (Phi) is 7.41. The Hall–Kier alpha value is -3.99. The lowest BCUT2D eigenvalue weighted by molar-refractivity contribution is 0.0731. The van der Waals surface area contributed by atoms with Crippen LogP contribution in [0, 0.1) is 5.82 Å². The van der Waals surface area contributed by atoms with Crippen LogP contribution in [-0.2, 0) is 22.8 Å². The molecule has 2 amide bonds. The van der Waals surface area contributed by atoms with E-state index in [2.05, 4.69) is 4.98 Å². The number of carbonyl (C=O) groups is 2. The SMILES string of the molecule is CCc1c(C(=O)N2CCOc3ccc(-c4cnc(N)c(C(=O)N(C)C)c4)cc3C2)ccc(S(C)(=O)=O)c1F. The summed E-state index contributed by atoms with van der Waals surface area (Å²) in [6.07, 6.45) is 2.66. The predicted octanol–water partition coefficient (Wildman–Crippen LogP) is 3.17. The van der Waals surface area contributed by atoms with Gasteiger partial charge in [0, 0.05) is 55.3 Å². The van der Waals surface area contributed by atoms with Gasteiger partial charge in [-0.1, -0.05) is 13.0 Å². The first-order valence-corrected chi connectivity index (χ1v) is 13.9. The average molecular weight is 541 g/mol. The van der Waals surface area contributed by atoms with Gasteiger partial charge in [0.05, 0.1) is 12.1 Å². The van der Waals surface area contributed by atoms with Gasteiger partial charge in [-0.2, -0.15) is 0 Å². The van der Waals surface area contributed by atoms with E-state index in [1.165, 1.54) is 11.0 Å². The molecule has 1 aromatic heterocycles. The molecule has 0 spiro atoms. The average Bonchev–Trinajstić information content (AvgIpc) is 3.09. The molecule has 2 N–H and O–H groups in total. The van der Waals surface area contributed by atoms with Gasteiger partial charge < -0.3 is 20.3 Å². The Morgan fingerprint density at radius 2 is 1.87 bits per heavy atom. The first-order valence-electron chi connectivity index (χ1n) is 12.0. The second-order valence-corrected chi connectivity index (χ2v) is 11.3. The molecule has 2 heterocycles. The Labute approximate surface area is 220 Å².